The van der Waals surface area contributed by atoms with Gasteiger partial charge in [-0.2, -0.15) is 0 Å². The molecule has 0 saturated heterocycles. The Bertz CT molecular complexity index is 704. The number of rotatable bonds is 12. The van der Waals surface area contributed by atoms with E-state index in [-0.39, 0.29) is 12.4 Å². The Labute approximate surface area is 174 Å². The highest BCUT2D eigenvalue weighted by molar-refractivity contribution is 7.46. The minimum Gasteiger partial charge on any atom is -0.345 e. The number of hydrogen-bond acceptors (Lipinski definition) is 4. The summed E-state index contributed by atoms with van der Waals surface area (Å²) < 4.78 is 17.3. The molecular formula is C21H37N2O5P. The van der Waals surface area contributed by atoms with Crippen LogP contribution in [-0.2, 0) is 22.6 Å². The van der Waals surface area contributed by atoms with Crippen molar-refractivity contribution in [2.24, 2.45) is 18.7 Å². The van der Waals surface area contributed by atoms with Gasteiger partial charge in [-0.15, -0.1) is 0 Å². The van der Waals surface area contributed by atoms with E-state index in [1.807, 2.05) is 23.7 Å². The van der Waals surface area contributed by atoms with Crippen molar-refractivity contribution in [2.75, 3.05) is 6.61 Å². The van der Waals surface area contributed by atoms with Crippen molar-refractivity contribution >= 4 is 13.6 Å². The van der Waals surface area contributed by atoms with Gasteiger partial charge in [-0.3, -0.25) is 9.32 Å². The summed E-state index contributed by atoms with van der Waals surface area (Å²) in [5, 5.41) is 0. The molecule has 7 nitrogen and oxygen atoms in total. The molecule has 1 aliphatic carbocycles. The Balaban J connectivity index is 1.77. The van der Waals surface area contributed by atoms with E-state index in [1.54, 1.807) is 6.92 Å². The molecule has 1 aliphatic rings. The third-order valence-corrected chi connectivity index (χ3v) is 6.48. The summed E-state index contributed by atoms with van der Waals surface area (Å²) in [7, 11) is -2.65. The molecular weight excluding hydrogens is 391 g/mol. The quantitative estimate of drug-likeness (QED) is 0.262. The van der Waals surface area contributed by atoms with E-state index in [4.69, 9.17) is 15.5 Å². The number of carbonyl (C=O) groups is 1. The molecule has 1 atom stereocenters. The van der Waals surface area contributed by atoms with Crippen LogP contribution in [-0.4, -0.2) is 32.3 Å². The zero-order chi connectivity index (χ0) is 21.5. The molecule has 1 aromatic heterocycles. The van der Waals surface area contributed by atoms with Crippen LogP contribution in [0.1, 0.15) is 87.3 Å². The van der Waals surface area contributed by atoms with E-state index in [9.17, 15) is 9.36 Å². The number of aryl methyl sites for hydroxylation is 1. The first-order valence-electron chi connectivity index (χ1n) is 10.7. The molecule has 1 unspecified atom stereocenters. The first-order valence-corrected chi connectivity index (χ1v) is 12.3. The number of aromatic nitrogens is 1. The van der Waals surface area contributed by atoms with Gasteiger partial charge in [0.15, 0.2) is 5.78 Å². The number of phosphoric acid groups is 1. The standard InChI is InChI=1S/C21H37N2O5P/c1-21(22,16-28-29(25,26)27)15-14-18-12-13-19(23(18)2)20(24)11-7-6-10-17-8-4-3-5-9-17/h12-13,17H,3-11,14-16,22H2,1-2H3,(H2,25,26,27). The van der Waals surface area contributed by atoms with Crippen LogP contribution >= 0.6 is 7.82 Å². The fourth-order valence-electron chi connectivity index (χ4n) is 4.12. The van der Waals surface area contributed by atoms with Crippen LogP contribution in [0.15, 0.2) is 12.1 Å². The van der Waals surface area contributed by atoms with Gasteiger partial charge in [0.25, 0.3) is 0 Å². The highest BCUT2D eigenvalue weighted by Crippen LogP contribution is 2.37. The topological polar surface area (TPSA) is 115 Å². The smallest absolute Gasteiger partial charge is 0.345 e. The second kappa shape index (κ2) is 10.9. The normalized spacial score (nSPS) is 18.0. The van der Waals surface area contributed by atoms with Gasteiger partial charge < -0.3 is 20.1 Å². The molecule has 1 saturated carbocycles. The summed E-state index contributed by atoms with van der Waals surface area (Å²) in [6.45, 7) is 1.47. The van der Waals surface area contributed by atoms with Crippen molar-refractivity contribution in [3.63, 3.8) is 0 Å². The van der Waals surface area contributed by atoms with Gasteiger partial charge in [-0.05, 0) is 44.2 Å². The first kappa shape index (κ1) is 24.3. The molecule has 0 aromatic carbocycles. The van der Waals surface area contributed by atoms with Crippen LogP contribution in [0.3, 0.4) is 0 Å². The first-order chi connectivity index (χ1) is 13.6. The van der Waals surface area contributed by atoms with E-state index in [1.165, 1.54) is 38.5 Å². The molecule has 0 radical (unpaired) electrons. The van der Waals surface area contributed by atoms with E-state index >= 15 is 0 Å². The van der Waals surface area contributed by atoms with Crippen molar-refractivity contribution in [3.8, 4) is 0 Å². The molecule has 0 aliphatic heterocycles. The summed E-state index contributed by atoms with van der Waals surface area (Å²) >= 11 is 0. The monoisotopic (exact) mass is 428 g/mol. The van der Waals surface area contributed by atoms with Gasteiger partial charge in [0, 0.05) is 24.7 Å². The van der Waals surface area contributed by atoms with E-state index in [0.29, 0.717) is 25.0 Å². The third kappa shape index (κ3) is 8.73. The third-order valence-electron chi connectivity index (χ3n) is 6.02. The summed E-state index contributed by atoms with van der Waals surface area (Å²) in [5.74, 6) is 1.03. The van der Waals surface area contributed by atoms with Crippen molar-refractivity contribution in [3.05, 3.63) is 23.5 Å². The predicted octanol–water partition coefficient (Wildman–Crippen LogP) is 4.11. The number of nitrogens with two attached hydrogens (primary N) is 1. The number of hydrogen-bond donors (Lipinski definition) is 3. The van der Waals surface area contributed by atoms with E-state index in [2.05, 4.69) is 4.52 Å². The second-order valence-electron chi connectivity index (χ2n) is 8.86. The van der Waals surface area contributed by atoms with Gasteiger partial charge in [0.1, 0.15) is 0 Å². The van der Waals surface area contributed by atoms with Crippen LogP contribution in [0.5, 0.6) is 0 Å². The van der Waals surface area contributed by atoms with Crippen molar-refractivity contribution in [2.45, 2.75) is 83.1 Å². The zero-order valence-corrected chi connectivity index (χ0v) is 18.7. The average molecular weight is 429 g/mol. The largest absolute Gasteiger partial charge is 0.469 e. The molecule has 1 aromatic rings. The number of unbranched alkanes of at least 4 members (excludes halogenated alkanes) is 1. The highest BCUT2D eigenvalue weighted by Gasteiger charge is 2.25. The van der Waals surface area contributed by atoms with Crippen molar-refractivity contribution < 1.29 is 23.7 Å². The molecule has 0 bridgehead atoms. The molecule has 0 spiro atoms. The number of ketones is 1. The Kier molecular flexibility index (Phi) is 9.11. The maximum atomic E-state index is 12.6. The van der Waals surface area contributed by atoms with Gasteiger partial charge in [0.2, 0.25) is 0 Å². The molecule has 1 fully saturated rings. The molecule has 29 heavy (non-hydrogen) atoms. The summed E-state index contributed by atoms with van der Waals surface area (Å²) in [5.41, 5.74) is 6.91. The Morgan fingerprint density at radius 1 is 1.28 bits per heavy atom. The number of carbonyl (C=O) groups excluding carboxylic acids is 1. The Morgan fingerprint density at radius 3 is 2.62 bits per heavy atom. The second-order valence-corrected chi connectivity index (χ2v) is 10.1. The number of nitrogens with zero attached hydrogens (tertiary/aromatic N) is 1. The van der Waals surface area contributed by atoms with Gasteiger partial charge >= 0.3 is 7.82 Å². The maximum Gasteiger partial charge on any atom is 0.469 e. The van der Waals surface area contributed by atoms with E-state index < -0.39 is 13.4 Å². The number of Topliss-reactive ketones (excluding diaryl/α,β-unsaturated/α-hetero) is 1. The molecule has 4 N–H and O–H groups in total. The van der Waals surface area contributed by atoms with Crippen LogP contribution in [0.25, 0.3) is 0 Å². The predicted molar refractivity (Wildman–Crippen MR) is 114 cm³/mol. The minimum absolute atomic E-state index is 0.169. The lowest BCUT2D eigenvalue weighted by Crippen LogP contribution is -2.41. The fraction of sp³-hybridized carbons (Fsp3) is 0.762. The molecule has 166 valence electrons. The lowest BCUT2D eigenvalue weighted by atomic mass is 9.85. The Morgan fingerprint density at radius 2 is 1.97 bits per heavy atom. The van der Waals surface area contributed by atoms with Gasteiger partial charge in [-0.1, -0.05) is 44.9 Å². The lowest BCUT2D eigenvalue weighted by Gasteiger charge is -2.24. The van der Waals surface area contributed by atoms with Gasteiger partial charge in [0.05, 0.1) is 12.3 Å². The number of phosphoric ester groups is 1. The minimum atomic E-state index is -4.53. The highest BCUT2D eigenvalue weighted by atomic mass is 31.2. The van der Waals surface area contributed by atoms with Crippen LogP contribution in [0, 0.1) is 5.92 Å². The van der Waals surface area contributed by atoms with Gasteiger partial charge in [-0.25, -0.2) is 4.57 Å². The van der Waals surface area contributed by atoms with Crippen LogP contribution in [0.2, 0.25) is 0 Å². The average Bonchev–Trinajstić information content (AvgIpc) is 3.03. The summed E-state index contributed by atoms with van der Waals surface area (Å²) in [6, 6.07) is 3.79. The molecule has 8 heteroatoms. The molecule has 0 amide bonds. The molecule has 1 heterocycles. The van der Waals surface area contributed by atoms with E-state index in [0.717, 1.165) is 24.5 Å². The van der Waals surface area contributed by atoms with Crippen LogP contribution in [0.4, 0.5) is 0 Å². The summed E-state index contributed by atoms with van der Waals surface area (Å²) in [4.78, 5) is 30.3. The molecule has 2 rings (SSSR count). The SMILES string of the molecule is Cn1c(CCC(C)(N)COP(=O)(O)O)ccc1C(=O)CCCCC1CCCCC1. The lowest BCUT2D eigenvalue weighted by molar-refractivity contribution is 0.0970. The zero-order valence-electron chi connectivity index (χ0n) is 17.8. The van der Waals surface area contributed by atoms with Crippen molar-refractivity contribution in [1.82, 2.24) is 4.57 Å². The van der Waals surface area contributed by atoms with Crippen LogP contribution < -0.4 is 5.73 Å². The van der Waals surface area contributed by atoms with Crippen molar-refractivity contribution in [1.29, 1.82) is 0 Å². The summed E-state index contributed by atoms with van der Waals surface area (Å²) in [6.07, 6.45) is 11.8. The fourth-order valence-corrected chi connectivity index (χ4v) is 4.59. The Hall–Kier alpha value is -0.980. The maximum absolute atomic E-state index is 12.6.